The van der Waals surface area contributed by atoms with Crippen LogP contribution in [0.5, 0.6) is 0 Å². The third-order valence-corrected chi connectivity index (χ3v) is 3.12. The fraction of sp³-hybridized carbons (Fsp3) is 0.273. The molecule has 0 saturated heterocycles. The number of hydrogen-bond donors (Lipinski definition) is 1. The molecule has 90 valence electrons. The summed E-state index contributed by atoms with van der Waals surface area (Å²) in [4.78, 5) is 3.99. The van der Waals surface area contributed by atoms with Crippen molar-refractivity contribution >= 4 is 15.9 Å². The molecule has 1 unspecified atom stereocenters. The Morgan fingerprint density at radius 3 is 3.00 bits per heavy atom. The minimum atomic E-state index is -0.631. The number of pyridine rings is 1. The van der Waals surface area contributed by atoms with E-state index < -0.39 is 11.9 Å². The van der Waals surface area contributed by atoms with Crippen molar-refractivity contribution in [3.05, 3.63) is 46.2 Å². The Morgan fingerprint density at radius 1 is 1.59 bits per heavy atom. The van der Waals surface area contributed by atoms with Gasteiger partial charge in [0.15, 0.2) is 0 Å². The van der Waals surface area contributed by atoms with E-state index in [1.54, 1.807) is 10.9 Å². The van der Waals surface area contributed by atoms with Crippen LogP contribution < -0.4 is 5.73 Å². The molecule has 0 bridgehead atoms. The molecule has 0 saturated carbocycles. The van der Waals surface area contributed by atoms with Crippen molar-refractivity contribution < 1.29 is 4.39 Å². The average Bonchev–Trinajstić information content (AvgIpc) is 2.70. The topological polar surface area (TPSA) is 56.7 Å². The number of aromatic nitrogens is 3. The summed E-state index contributed by atoms with van der Waals surface area (Å²) in [5.41, 5.74) is 7.00. The third kappa shape index (κ3) is 2.23. The molecule has 4 nitrogen and oxygen atoms in total. The lowest BCUT2D eigenvalue weighted by atomic mass is 10.1. The van der Waals surface area contributed by atoms with Gasteiger partial charge in [-0.15, -0.1) is 0 Å². The molecular weight excluding hydrogens is 287 g/mol. The molecule has 0 spiro atoms. The highest BCUT2D eigenvalue weighted by Crippen LogP contribution is 2.26. The second kappa shape index (κ2) is 4.93. The predicted molar refractivity (Wildman–Crippen MR) is 65.8 cm³/mol. The lowest BCUT2D eigenvalue weighted by molar-refractivity contribution is 0.555. The Bertz CT molecular complexity index is 526. The van der Waals surface area contributed by atoms with Gasteiger partial charge in [-0.25, -0.2) is 4.39 Å². The summed E-state index contributed by atoms with van der Waals surface area (Å²) in [6.07, 6.45) is 3.18. The maximum atomic E-state index is 13.6. The molecule has 0 aliphatic heterocycles. The van der Waals surface area contributed by atoms with Crippen LogP contribution in [0.2, 0.25) is 0 Å². The molecule has 0 aliphatic rings. The number of nitrogens with two attached hydrogens (primary N) is 1. The summed E-state index contributed by atoms with van der Waals surface area (Å²) >= 11 is 3.37. The molecule has 2 heterocycles. The SMILES string of the molecule is CCn1ncc(Br)c1C(N)c1ncccc1F. The minimum absolute atomic E-state index is 0.225. The van der Waals surface area contributed by atoms with Crippen molar-refractivity contribution in [1.29, 1.82) is 0 Å². The fourth-order valence-electron chi connectivity index (χ4n) is 1.69. The first-order chi connectivity index (χ1) is 8.15. The van der Waals surface area contributed by atoms with Crippen LogP contribution in [0.3, 0.4) is 0 Å². The van der Waals surface area contributed by atoms with Gasteiger partial charge in [-0.3, -0.25) is 9.67 Å². The fourth-order valence-corrected chi connectivity index (χ4v) is 2.23. The van der Waals surface area contributed by atoms with E-state index in [9.17, 15) is 4.39 Å². The Hall–Kier alpha value is -1.27. The second-order valence-electron chi connectivity index (χ2n) is 3.54. The van der Waals surface area contributed by atoms with Crippen LogP contribution in [0.4, 0.5) is 4.39 Å². The van der Waals surface area contributed by atoms with Gasteiger partial charge < -0.3 is 5.73 Å². The smallest absolute Gasteiger partial charge is 0.146 e. The van der Waals surface area contributed by atoms with Gasteiger partial charge in [0, 0.05) is 12.7 Å². The zero-order valence-corrected chi connectivity index (χ0v) is 10.9. The molecule has 2 rings (SSSR count). The maximum absolute atomic E-state index is 13.6. The number of hydrogen-bond acceptors (Lipinski definition) is 3. The van der Waals surface area contributed by atoms with Crippen LogP contribution in [-0.4, -0.2) is 14.8 Å². The maximum Gasteiger partial charge on any atom is 0.146 e. The molecule has 17 heavy (non-hydrogen) atoms. The van der Waals surface area contributed by atoms with Crippen LogP contribution in [-0.2, 0) is 6.54 Å². The van der Waals surface area contributed by atoms with Gasteiger partial charge in [0.05, 0.1) is 28.1 Å². The largest absolute Gasteiger partial charge is 0.318 e. The Balaban J connectivity index is 2.47. The van der Waals surface area contributed by atoms with Gasteiger partial charge in [0.2, 0.25) is 0 Å². The van der Waals surface area contributed by atoms with Gasteiger partial charge in [0.1, 0.15) is 5.82 Å². The molecule has 2 aromatic heterocycles. The summed E-state index contributed by atoms with van der Waals surface area (Å²) in [7, 11) is 0. The van der Waals surface area contributed by atoms with Gasteiger partial charge in [0.25, 0.3) is 0 Å². The van der Waals surface area contributed by atoms with Crippen LogP contribution in [0.25, 0.3) is 0 Å². The van der Waals surface area contributed by atoms with Gasteiger partial charge >= 0.3 is 0 Å². The molecular formula is C11H12BrFN4. The quantitative estimate of drug-likeness (QED) is 0.945. The molecule has 6 heteroatoms. The molecule has 0 radical (unpaired) electrons. The average molecular weight is 299 g/mol. The minimum Gasteiger partial charge on any atom is -0.318 e. The van der Waals surface area contributed by atoms with Gasteiger partial charge in [-0.05, 0) is 35.0 Å². The molecule has 0 aliphatic carbocycles. The first kappa shape index (κ1) is 12.2. The summed E-state index contributed by atoms with van der Waals surface area (Å²) in [6.45, 7) is 2.62. The molecule has 0 fully saturated rings. The number of nitrogens with zero attached hydrogens (tertiary/aromatic N) is 3. The number of aryl methyl sites for hydroxylation is 1. The normalized spacial score (nSPS) is 12.7. The zero-order chi connectivity index (χ0) is 12.4. The van der Waals surface area contributed by atoms with E-state index in [1.807, 2.05) is 6.92 Å². The number of rotatable bonds is 3. The first-order valence-corrected chi connectivity index (χ1v) is 6.01. The predicted octanol–water partition coefficient (Wildman–Crippen LogP) is 2.25. The summed E-state index contributed by atoms with van der Waals surface area (Å²) in [5, 5.41) is 4.15. The summed E-state index contributed by atoms with van der Waals surface area (Å²) in [5.74, 6) is -0.407. The van der Waals surface area contributed by atoms with Crippen LogP contribution in [0, 0.1) is 5.82 Å². The van der Waals surface area contributed by atoms with Crippen molar-refractivity contribution in [2.75, 3.05) is 0 Å². The highest BCUT2D eigenvalue weighted by atomic mass is 79.9. The van der Waals surface area contributed by atoms with Gasteiger partial charge in [-0.2, -0.15) is 5.10 Å². The lowest BCUT2D eigenvalue weighted by Crippen LogP contribution is -2.20. The molecule has 0 amide bonds. The standard InChI is InChI=1S/C11H12BrFN4/c1-2-17-11(7(12)6-16-17)9(14)10-8(13)4-3-5-15-10/h3-6,9H,2,14H2,1H3. The Morgan fingerprint density at radius 2 is 2.35 bits per heavy atom. The van der Waals surface area contributed by atoms with Crippen molar-refractivity contribution in [2.45, 2.75) is 19.5 Å². The van der Waals surface area contributed by atoms with E-state index in [0.29, 0.717) is 6.54 Å². The molecule has 2 N–H and O–H groups in total. The third-order valence-electron chi connectivity index (χ3n) is 2.51. The molecule has 2 aromatic rings. The van der Waals surface area contributed by atoms with Crippen molar-refractivity contribution in [3.63, 3.8) is 0 Å². The Kier molecular flexibility index (Phi) is 3.54. The molecule has 1 atom stereocenters. The highest BCUT2D eigenvalue weighted by Gasteiger charge is 2.21. The van der Waals surface area contributed by atoms with E-state index in [1.165, 1.54) is 18.3 Å². The van der Waals surface area contributed by atoms with Crippen molar-refractivity contribution in [2.24, 2.45) is 5.73 Å². The molecule has 0 aromatic carbocycles. The van der Waals surface area contributed by atoms with E-state index in [2.05, 4.69) is 26.0 Å². The lowest BCUT2D eigenvalue weighted by Gasteiger charge is -2.14. The van der Waals surface area contributed by atoms with Crippen molar-refractivity contribution in [3.8, 4) is 0 Å². The zero-order valence-electron chi connectivity index (χ0n) is 9.27. The second-order valence-corrected chi connectivity index (χ2v) is 4.40. The number of halogens is 2. The van der Waals surface area contributed by atoms with E-state index in [-0.39, 0.29) is 5.69 Å². The van der Waals surface area contributed by atoms with E-state index in [0.717, 1.165) is 10.2 Å². The van der Waals surface area contributed by atoms with Crippen LogP contribution in [0.15, 0.2) is 29.0 Å². The first-order valence-electron chi connectivity index (χ1n) is 5.22. The Labute approximate surface area is 107 Å². The summed E-state index contributed by atoms with van der Waals surface area (Å²) in [6, 6.07) is 2.26. The van der Waals surface area contributed by atoms with Crippen LogP contribution in [0.1, 0.15) is 24.4 Å². The van der Waals surface area contributed by atoms with Crippen LogP contribution >= 0.6 is 15.9 Å². The van der Waals surface area contributed by atoms with E-state index >= 15 is 0 Å². The van der Waals surface area contributed by atoms with Crippen molar-refractivity contribution in [1.82, 2.24) is 14.8 Å². The van der Waals surface area contributed by atoms with Gasteiger partial charge in [-0.1, -0.05) is 0 Å². The highest BCUT2D eigenvalue weighted by molar-refractivity contribution is 9.10. The van der Waals surface area contributed by atoms with E-state index in [4.69, 9.17) is 5.73 Å². The monoisotopic (exact) mass is 298 g/mol. The summed E-state index contributed by atoms with van der Waals surface area (Å²) < 4.78 is 16.1.